The van der Waals surface area contributed by atoms with E-state index in [2.05, 4.69) is 15.6 Å². The van der Waals surface area contributed by atoms with Gasteiger partial charge < -0.3 is 10.6 Å². The van der Waals surface area contributed by atoms with E-state index in [1.165, 1.54) is 23.1 Å². The highest BCUT2D eigenvalue weighted by atomic mass is 32.2. The quantitative estimate of drug-likeness (QED) is 0.588. The fourth-order valence-corrected chi connectivity index (χ4v) is 4.33. The highest BCUT2D eigenvalue weighted by Gasteiger charge is 2.29. The fraction of sp³-hybridized carbons (Fsp3) is 0.250. The second kappa shape index (κ2) is 7.70. The van der Waals surface area contributed by atoms with Crippen LogP contribution >= 0.6 is 23.1 Å². The molecule has 27 heavy (non-hydrogen) atoms. The van der Waals surface area contributed by atoms with Crippen molar-refractivity contribution in [3.63, 3.8) is 0 Å². The first-order chi connectivity index (χ1) is 13.1. The Hall–Kier alpha value is -2.38. The van der Waals surface area contributed by atoms with E-state index in [1.807, 2.05) is 55.5 Å². The lowest BCUT2D eigenvalue weighted by Gasteiger charge is -2.11. The number of carbonyl (C=O) groups is 2. The third-order valence-corrected chi connectivity index (χ3v) is 6.34. The van der Waals surface area contributed by atoms with E-state index in [1.54, 1.807) is 0 Å². The number of amides is 2. The summed E-state index contributed by atoms with van der Waals surface area (Å²) in [6.45, 7) is 1.87. The van der Waals surface area contributed by atoms with Crippen LogP contribution in [0, 0.1) is 5.92 Å². The molecule has 7 heteroatoms. The largest absolute Gasteiger partial charge is 0.326 e. The van der Waals surface area contributed by atoms with E-state index in [4.69, 9.17) is 0 Å². The van der Waals surface area contributed by atoms with Gasteiger partial charge in [0.05, 0.1) is 15.5 Å². The van der Waals surface area contributed by atoms with Crippen LogP contribution < -0.4 is 10.6 Å². The maximum atomic E-state index is 12.5. The van der Waals surface area contributed by atoms with Crippen molar-refractivity contribution in [1.82, 2.24) is 4.98 Å². The summed E-state index contributed by atoms with van der Waals surface area (Å²) in [5.41, 5.74) is 1.68. The molecule has 4 rings (SSSR count). The summed E-state index contributed by atoms with van der Waals surface area (Å²) in [5, 5.41) is 6.17. The smallest absolute Gasteiger partial charge is 0.239 e. The van der Waals surface area contributed by atoms with Crippen LogP contribution in [-0.4, -0.2) is 22.0 Å². The molecule has 2 aromatic carbocycles. The van der Waals surface area contributed by atoms with Gasteiger partial charge >= 0.3 is 0 Å². The van der Waals surface area contributed by atoms with Gasteiger partial charge in [-0.05, 0) is 56.2 Å². The summed E-state index contributed by atoms with van der Waals surface area (Å²) in [4.78, 5) is 29.7. The summed E-state index contributed by atoms with van der Waals surface area (Å²) < 4.78 is 1.05. The van der Waals surface area contributed by atoms with Gasteiger partial charge in [-0.3, -0.25) is 9.59 Å². The molecule has 1 fully saturated rings. The normalized spacial score (nSPS) is 14.7. The second-order valence-electron chi connectivity index (χ2n) is 6.52. The van der Waals surface area contributed by atoms with E-state index >= 15 is 0 Å². The SMILES string of the molecule is CC(Sc1ccc(NC(=O)C2CC2)cc1)C(=O)Nc1nc2ccccc2s1. The topological polar surface area (TPSA) is 71.1 Å². The molecule has 0 saturated heterocycles. The number of hydrogen-bond acceptors (Lipinski definition) is 5. The second-order valence-corrected chi connectivity index (χ2v) is 8.97. The van der Waals surface area contributed by atoms with Gasteiger partial charge in [-0.2, -0.15) is 0 Å². The zero-order chi connectivity index (χ0) is 18.8. The van der Waals surface area contributed by atoms with Crippen molar-refractivity contribution in [3.8, 4) is 0 Å². The van der Waals surface area contributed by atoms with E-state index in [0.717, 1.165) is 33.6 Å². The first-order valence-electron chi connectivity index (χ1n) is 8.82. The number of hydrogen-bond donors (Lipinski definition) is 2. The third-order valence-electron chi connectivity index (χ3n) is 4.28. The van der Waals surface area contributed by atoms with Crippen LogP contribution in [0.4, 0.5) is 10.8 Å². The van der Waals surface area contributed by atoms with Crippen LogP contribution in [0.15, 0.2) is 53.4 Å². The number of nitrogens with one attached hydrogen (secondary N) is 2. The standard InChI is InChI=1S/C20H19N3O2S2/c1-12(18(24)23-20-22-16-4-2-3-5-17(16)27-20)26-15-10-8-14(9-11-15)21-19(25)13-6-7-13/h2-5,8-13H,6-7H2,1H3,(H,21,25)(H,22,23,24). The lowest BCUT2D eigenvalue weighted by molar-refractivity contribution is -0.117. The molecule has 1 saturated carbocycles. The zero-order valence-corrected chi connectivity index (χ0v) is 16.4. The average Bonchev–Trinajstić information content (AvgIpc) is 3.43. The van der Waals surface area contributed by atoms with Gasteiger partial charge in [-0.15, -0.1) is 11.8 Å². The number of aromatic nitrogens is 1. The molecular weight excluding hydrogens is 378 g/mol. The first kappa shape index (κ1) is 18.0. The molecule has 5 nitrogen and oxygen atoms in total. The Morgan fingerprint density at radius 1 is 1.11 bits per heavy atom. The number of rotatable bonds is 6. The van der Waals surface area contributed by atoms with Crippen LogP contribution in [-0.2, 0) is 9.59 Å². The van der Waals surface area contributed by atoms with E-state index in [0.29, 0.717) is 5.13 Å². The number of carbonyl (C=O) groups excluding carboxylic acids is 2. The maximum Gasteiger partial charge on any atom is 0.239 e. The third kappa shape index (κ3) is 4.48. The van der Waals surface area contributed by atoms with E-state index < -0.39 is 0 Å². The molecule has 1 unspecified atom stereocenters. The van der Waals surface area contributed by atoms with Crippen LogP contribution in [0.2, 0.25) is 0 Å². The molecule has 1 aliphatic rings. The van der Waals surface area contributed by atoms with Gasteiger partial charge in [0.1, 0.15) is 0 Å². The molecule has 138 valence electrons. The predicted molar refractivity (Wildman–Crippen MR) is 111 cm³/mol. The molecular formula is C20H19N3O2S2. The van der Waals surface area contributed by atoms with E-state index in [9.17, 15) is 9.59 Å². The Labute approximate surface area is 165 Å². The highest BCUT2D eigenvalue weighted by Crippen LogP contribution is 2.31. The Morgan fingerprint density at radius 3 is 2.56 bits per heavy atom. The van der Waals surface area contributed by atoms with Crippen LogP contribution in [0.1, 0.15) is 19.8 Å². The zero-order valence-electron chi connectivity index (χ0n) is 14.8. The Bertz CT molecular complexity index is 947. The van der Waals surface area contributed by atoms with Gasteiger partial charge in [0.25, 0.3) is 0 Å². The summed E-state index contributed by atoms with van der Waals surface area (Å²) in [5.74, 6) is 0.203. The van der Waals surface area contributed by atoms with Crippen molar-refractivity contribution in [2.45, 2.75) is 29.9 Å². The number of thiazole rings is 1. The van der Waals surface area contributed by atoms with E-state index in [-0.39, 0.29) is 23.0 Å². The minimum Gasteiger partial charge on any atom is -0.326 e. The summed E-state index contributed by atoms with van der Waals surface area (Å²) in [6.07, 6.45) is 1.97. The van der Waals surface area contributed by atoms with Crippen LogP contribution in [0.5, 0.6) is 0 Å². The molecule has 0 spiro atoms. The summed E-state index contributed by atoms with van der Waals surface area (Å²) in [6, 6.07) is 15.4. The molecule has 0 aliphatic heterocycles. The van der Waals surface area contributed by atoms with Crippen molar-refractivity contribution in [1.29, 1.82) is 0 Å². The minimum absolute atomic E-state index is 0.0785. The highest BCUT2D eigenvalue weighted by molar-refractivity contribution is 8.00. The number of anilines is 2. The molecule has 2 N–H and O–H groups in total. The Kier molecular flexibility index (Phi) is 5.13. The predicted octanol–water partition coefficient (Wildman–Crippen LogP) is 4.76. The minimum atomic E-state index is -0.260. The van der Waals surface area contributed by atoms with Crippen LogP contribution in [0.3, 0.4) is 0 Å². The van der Waals surface area contributed by atoms with Crippen molar-refractivity contribution in [3.05, 3.63) is 48.5 Å². The summed E-state index contributed by atoms with van der Waals surface area (Å²) >= 11 is 2.95. The first-order valence-corrected chi connectivity index (χ1v) is 10.5. The molecule has 3 aromatic rings. The lowest BCUT2D eigenvalue weighted by Crippen LogP contribution is -2.22. The van der Waals surface area contributed by atoms with Crippen molar-refractivity contribution in [2.75, 3.05) is 10.6 Å². The fourth-order valence-electron chi connectivity index (χ4n) is 2.60. The number of benzene rings is 2. The van der Waals surface area contributed by atoms with Crippen molar-refractivity contribution in [2.24, 2.45) is 5.92 Å². The Balaban J connectivity index is 1.34. The van der Waals surface area contributed by atoms with Gasteiger partial charge in [-0.25, -0.2) is 4.98 Å². The molecule has 0 bridgehead atoms. The van der Waals surface area contributed by atoms with Gasteiger partial charge in [-0.1, -0.05) is 23.5 Å². The summed E-state index contributed by atoms with van der Waals surface area (Å²) in [7, 11) is 0. The molecule has 1 atom stereocenters. The van der Waals surface area contributed by atoms with Gasteiger partial charge in [0.15, 0.2) is 5.13 Å². The van der Waals surface area contributed by atoms with Crippen molar-refractivity contribution >= 4 is 55.9 Å². The number of thioether (sulfide) groups is 1. The average molecular weight is 398 g/mol. The monoisotopic (exact) mass is 397 g/mol. The Morgan fingerprint density at radius 2 is 1.85 bits per heavy atom. The van der Waals surface area contributed by atoms with Gasteiger partial charge in [0, 0.05) is 16.5 Å². The van der Waals surface area contributed by atoms with Crippen molar-refractivity contribution < 1.29 is 9.59 Å². The molecule has 0 radical (unpaired) electrons. The van der Waals surface area contributed by atoms with Gasteiger partial charge in [0.2, 0.25) is 11.8 Å². The number of fused-ring (bicyclic) bond motifs is 1. The lowest BCUT2D eigenvalue weighted by atomic mass is 10.3. The van der Waals surface area contributed by atoms with Crippen LogP contribution in [0.25, 0.3) is 10.2 Å². The molecule has 1 aliphatic carbocycles. The number of nitrogens with zero attached hydrogens (tertiary/aromatic N) is 1. The molecule has 2 amide bonds. The molecule has 1 heterocycles. The number of para-hydroxylation sites is 1. The maximum absolute atomic E-state index is 12.5. The molecule has 1 aromatic heterocycles.